The molecule has 0 aliphatic carbocycles. The van der Waals surface area contributed by atoms with E-state index in [4.69, 9.17) is 4.74 Å². The zero-order valence-corrected chi connectivity index (χ0v) is 14.2. The van der Waals surface area contributed by atoms with Gasteiger partial charge in [0, 0.05) is 13.2 Å². The molecule has 1 unspecified atom stereocenters. The van der Waals surface area contributed by atoms with Crippen LogP contribution in [0.1, 0.15) is 37.5 Å². The molecular formula is C18H20FN5O2. The lowest BCUT2D eigenvalue weighted by Gasteiger charge is -2.16. The Hall–Kier alpha value is -2.74. The van der Waals surface area contributed by atoms with Gasteiger partial charge in [-0.1, -0.05) is 18.6 Å². The first-order chi connectivity index (χ1) is 12.7. The van der Waals surface area contributed by atoms with E-state index in [0.29, 0.717) is 30.1 Å². The van der Waals surface area contributed by atoms with E-state index in [2.05, 4.69) is 20.3 Å². The van der Waals surface area contributed by atoms with Crippen LogP contribution < -0.4 is 5.32 Å². The Morgan fingerprint density at radius 3 is 2.88 bits per heavy atom. The molecule has 2 N–H and O–H groups in total. The molecule has 0 spiro atoms. The van der Waals surface area contributed by atoms with Gasteiger partial charge >= 0.3 is 6.08 Å². The molecule has 7 nitrogen and oxygen atoms in total. The second-order valence-electron chi connectivity index (χ2n) is 6.36. The Balaban J connectivity index is 1.61. The van der Waals surface area contributed by atoms with Crippen molar-refractivity contribution in [3.63, 3.8) is 0 Å². The molecular weight excluding hydrogens is 337 g/mol. The largest absolute Gasteiger partial charge is 0.508 e. The number of nitrogens with zero attached hydrogens (tertiary/aromatic N) is 4. The van der Waals surface area contributed by atoms with Crippen molar-refractivity contribution in [2.24, 2.45) is 0 Å². The van der Waals surface area contributed by atoms with Gasteiger partial charge in [-0.3, -0.25) is 4.57 Å². The lowest BCUT2D eigenvalue weighted by atomic mass is 10.2. The molecule has 1 aromatic carbocycles. The summed E-state index contributed by atoms with van der Waals surface area (Å²) in [7, 11) is 0. The van der Waals surface area contributed by atoms with Crippen LogP contribution in [0.25, 0.3) is 11.2 Å². The number of hydrogen-bond donors (Lipinski definition) is 2. The van der Waals surface area contributed by atoms with Crippen molar-refractivity contribution in [3.05, 3.63) is 42.2 Å². The number of fused-ring (bicyclic) bond motifs is 1. The maximum atomic E-state index is 14.0. The number of hydrogen-bond acceptors (Lipinski definition) is 6. The molecule has 3 heterocycles. The number of rotatable bonds is 4. The van der Waals surface area contributed by atoms with Gasteiger partial charge in [0.05, 0.1) is 6.33 Å². The highest BCUT2D eigenvalue weighted by Gasteiger charge is 2.20. The number of phenols is 1. The third-order valence-corrected chi connectivity index (χ3v) is 4.51. The monoisotopic (exact) mass is 357 g/mol. The highest BCUT2D eigenvalue weighted by molar-refractivity contribution is 5.82. The van der Waals surface area contributed by atoms with E-state index < -0.39 is 6.08 Å². The molecule has 1 aliphatic heterocycles. The van der Waals surface area contributed by atoms with E-state index in [1.54, 1.807) is 35.2 Å². The SMILES string of the molecule is Oc1ccc(CNc2nc(F)nc3c2ncn3C2CCCCCO2)cc1. The third kappa shape index (κ3) is 3.45. The molecule has 1 aliphatic rings. The van der Waals surface area contributed by atoms with Crippen molar-refractivity contribution in [2.75, 3.05) is 11.9 Å². The molecule has 136 valence electrons. The lowest BCUT2D eigenvalue weighted by Crippen LogP contribution is -2.12. The van der Waals surface area contributed by atoms with E-state index in [0.717, 1.165) is 31.2 Å². The van der Waals surface area contributed by atoms with Gasteiger partial charge in [0.1, 0.15) is 12.0 Å². The van der Waals surface area contributed by atoms with Crippen molar-refractivity contribution in [3.8, 4) is 5.75 Å². The van der Waals surface area contributed by atoms with Crippen LogP contribution >= 0.6 is 0 Å². The summed E-state index contributed by atoms with van der Waals surface area (Å²) in [6, 6.07) is 6.78. The summed E-state index contributed by atoms with van der Waals surface area (Å²) in [6.07, 6.45) is 4.73. The lowest BCUT2D eigenvalue weighted by molar-refractivity contribution is 0.00928. The fraction of sp³-hybridized carbons (Fsp3) is 0.389. The number of benzene rings is 1. The van der Waals surface area contributed by atoms with Crippen LogP contribution in [0.3, 0.4) is 0 Å². The topological polar surface area (TPSA) is 85.1 Å². The molecule has 3 aromatic rings. The Bertz CT molecular complexity index is 888. The quantitative estimate of drug-likeness (QED) is 0.697. The van der Waals surface area contributed by atoms with E-state index in [1.807, 2.05) is 0 Å². The van der Waals surface area contributed by atoms with Gasteiger partial charge in [0.25, 0.3) is 0 Å². The molecule has 8 heteroatoms. The Morgan fingerprint density at radius 2 is 2.04 bits per heavy atom. The number of phenolic OH excluding ortho intramolecular Hbond substituents is 1. The number of imidazole rings is 1. The molecule has 0 bridgehead atoms. The molecule has 1 saturated heterocycles. The first kappa shape index (κ1) is 16.7. The normalized spacial score (nSPS) is 18.0. The van der Waals surface area contributed by atoms with Crippen LogP contribution in [-0.2, 0) is 11.3 Å². The summed E-state index contributed by atoms with van der Waals surface area (Å²) >= 11 is 0. The summed E-state index contributed by atoms with van der Waals surface area (Å²) in [6.45, 7) is 1.11. The first-order valence-corrected chi connectivity index (χ1v) is 8.74. The Labute approximate surface area is 149 Å². The Morgan fingerprint density at radius 1 is 1.19 bits per heavy atom. The van der Waals surface area contributed by atoms with Gasteiger partial charge in [-0.15, -0.1) is 0 Å². The summed E-state index contributed by atoms with van der Waals surface area (Å²) in [4.78, 5) is 12.2. The molecule has 2 aromatic heterocycles. The van der Waals surface area contributed by atoms with Crippen molar-refractivity contribution >= 4 is 17.0 Å². The van der Waals surface area contributed by atoms with Crippen molar-refractivity contribution in [1.82, 2.24) is 19.5 Å². The van der Waals surface area contributed by atoms with Gasteiger partial charge in [-0.05, 0) is 37.0 Å². The molecule has 26 heavy (non-hydrogen) atoms. The molecule has 0 saturated carbocycles. The van der Waals surface area contributed by atoms with Crippen LogP contribution in [0.5, 0.6) is 5.75 Å². The molecule has 0 amide bonds. The fourth-order valence-corrected chi connectivity index (χ4v) is 3.14. The van der Waals surface area contributed by atoms with E-state index in [9.17, 15) is 9.50 Å². The van der Waals surface area contributed by atoms with Gasteiger partial charge in [0.2, 0.25) is 0 Å². The van der Waals surface area contributed by atoms with Gasteiger partial charge < -0.3 is 15.2 Å². The molecule has 4 rings (SSSR count). The summed E-state index contributed by atoms with van der Waals surface area (Å²) in [5.74, 6) is 0.541. The van der Waals surface area contributed by atoms with E-state index in [-0.39, 0.29) is 12.0 Å². The number of ether oxygens (including phenoxy) is 1. The predicted octanol–water partition coefficient (Wildman–Crippen LogP) is 3.37. The standard InChI is InChI=1S/C18H20FN5O2/c19-18-22-16(20-10-12-5-7-13(25)8-6-12)15-17(23-18)24(11-21-15)14-4-2-1-3-9-26-14/h5-8,11,14,25H,1-4,9-10H2,(H,20,22,23). The molecule has 1 fully saturated rings. The van der Waals surface area contributed by atoms with Gasteiger partial charge in [-0.2, -0.15) is 14.4 Å². The van der Waals surface area contributed by atoms with Crippen LogP contribution in [0.15, 0.2) is 30.6 Å². The van der Waals surface area contributed by atoms with Crippen LogP contribution in [0, 0.1) is 6.08 Å². The average Bonchev–Trinajstić information content (AvgIpc) is 2.88. The van der Waals surface area contributed by atoms with Gasteiger partial charge in [0.15, 0.2) is 17.0 Å². The molecule has 1 atom stereocenters. The van der Waals surface area contributed by atoms with Crippen LogP contribution in [-0.4, -0.2) is 31.2 Å². The zero-order chi connectivity index (χ0) is 17.9. The fourth-order valence-electron chi connectivity index (χ4n) is 3.14. The van der Waals surface area contributed by atoms with E-state index in [1.165, 1.54) is 0 Å². The summed E-state index contributed by atoms with van der Waals surface area (Å²) in [5.41, 5.74) is 1.87. The predicted molar refractivity (Wildman–Crippen MR) is 94.2 cm³/mol. The maximum Gasteiger partial charge on any atom is 0.312 e. The summed E-state index contributed by atoms with van der Waals surface area (Å²) in [5, 5.41) is 12.5. The van der Waals surface area contributed by atoms with Crippen LogP contribution in [0.4, 0.5) is 10.2 Å². The van der Waals surface area contributed by atoms with E-state index >= 15 is 0 Å². The van der Waals surface area contributed by atoms with Crippen molar-refractivity contribution in [2.45, 2.75) is 38.5 Å². The second kappa shape index (κ2) is 7.25. The first-order valence-electron chi connectivity index (χ1n) is 8.74. The highest BCUT2D eigenvalue weighted by Crippen LogP contribution is 2.27. The molecule has 0 radical (unpaired) electrons. The van der Waals surface area contributed by atoms with Crippen LogP contribution in [0.2, 0.25) is 0 Å². The van der Waals surface area contributed by atoms with Crippen molar-refractivity contribution in [1.29, 1.82) is 0 Å². The number of nitrogens with one attached hydrogen (secondary N) is 1. The zero-order valence-electron chi connectivity index (χ0n) is 14.2. The number of aromatic hydroxyl groups is 1. The minimum Gasteiger partial charge on any atom is -0.508 e. The minimum atomic E-state index is -0.805. The highest BCUT2D eigenvalue weighted by atomic mass is 19.1. The average molecular weight is 357 g/mol. The van der Waals surface area contributed by atoms with Crippen molar-refractivity contribution < 1.29 is 14.2 Å². The number of halogens is 1. The third-order valence-electron chi connectivity index (χ3n) is 4.51. The maximum absolute atomic E-state index is 14.0. The second-order valence-corrected chi connectivity index (χ2v) is 6.36. The van der Waals surface area contributed by atoms with Gasteiger partial charge in [-0.25, -0.2) is 4.98 Å². The smallest absolute Gasteiger partial charge is 0.312 e. The number of anilines is 1. The Kier molecular flexibility index (Phi) is 4.66. The minimum absolute atomic E-state index is 0.179. The number of aromatic nitrogens is 4. The summed E-state index contributed by atoms with van der Waals surface area (Å²) < 4.78 is 21.7.